The maximum atomic E-state index is 12.1. The molecule has 1 aromatic heterocycles. The largest absolute Gasteiger partial charge is 0.359 e. The Labute approximate surface area is 106 Å². The zero-order chi connectivity index (χ0) is 13.1. The Morgan fingerprint density at radius 2 is 2.39 bits per heavy atom. The number of aromatic nitrogens is 2. The smallest absolute Gasteiger partial charge is 0.293 e. The SMILES string of the molecule is CCn1ccnc(N2CC[C@@H](C(=O)NC)C2)c1=O. The highest BCUT2D eigenvalue weighted by molar-refractivity contribution is 5.79. The highest BCUT2D eigenvalue weighted by atomic mass is 16.2. The summed E-state index contributed by atoms with van der Waals surface area (Å²) >= 11 is 0. The number of carbonyl (C=O) groups excluding carboxylic acids is 1. The molecule has 1 atom stereocenters. The van der Waals surface area contributed by atoms with Crippen molar-refractivity contribution in [2.24, 2.45) is 5.92 Å². The van der Waals surface area contributed by atoms with E-state index in [1.165, 1.54) is 0 Å². The van der Waals surface area contributed by atoms with Crippen LogP contribution in [0.5, 0.6) is 0 Å². The zero-order valence-corrected chi connectivity index (χ0v) is 10.7. The number of nitrogens with one attached hydrogen (secondary N) is 1. The second-order valence-corrected chi connectivity index (χ2v) is 4.39. The van der Waals surface area contributed by atoms with Gasteiger partial charge >= 0.3 is 0 Å². The van der Waals surface area contributed by atoms with Gasteiger partial charge in [0.1, 0.15) is 0 Å². The van der Waals surface area contributed by atoms with E-state index in [2.05, 4.69) is 10.3 Å². The summed E-state index contributed by atoms with van der Waals surface area (Å²) < 4.78 is 1.62. The third-order valence-electron chi connectivity index (χ3n) is 3.34. The minimum Gasteiger partial charge on any atom is -0.359 e. The summed E-state index contributed by atoms with van der Waals surface area (Å²) in [7, 11) is 1.63. The Bertz CT molecular complexity index is 497. The fourth-order valence-electron chi connectivity index (χ4n) is 2.27. The fourth-order valence-corrected chi connectivity index (χ4v) is 2.27. The molecule has 0 bridgehead atoms. The van der Waals surface area contributed by atoms with Gasteiger partial charge in [-0.15, -0.1) is 0 Å². The molecule has 1 aromatic rings. The molecule has 0 aromatic carbocycles. The third kappa shape index (κ3) is 2.23. The van der Waals surface area contributed by atoms with E-state index in [0.29, 0.717) is 25.5 Å². The fraction of sp³-hybridized carbons (Fsp3) is 0.583. The standard InChI is InChI=1S/C12H18N4O2/c1-3-15-7-5-14-10(12(15)18)16-6-4-9(8-16)11(17)13-2/h5,7,9H,3-4,6,8H2,1-2H3,(H,13,17)/t9-/m1/s1. The number of amides is 1. The number of rotatable bonds is 3. The molecular formula is C12H18N4O2. The number of aryl methyl sites for hydroxylation is 1. The summed E-state index contributed by atoms with van der Waals surface area (Å²) in [4.78, 5) is 29.7. The van der Waals surface area contributed by atoms with E-state index in [4.69, 9.17) is 0 Å². The average molecular weight is 250 g/mol. The van der Waals surface area contributed by atoms with Gasteiger partial charge in [-0.1, -0.05) is 0 Å². The molecular weight excluding hydrogens is 232 g/mol. The van der Waals surface area contributed by atoms with Crippen LogP contribution in [-0.2, 0) is 11.3 Å². The van der Waals surface area contributed by atoms with E-state index < -0.39 is 0 Å². The summed E-state index contributed by atoms with van der Waals surface area (Å²) in [6.45, 7) is 3.81. The Kier molecular flexibility index (Phi) is 3.64. The van der Waals surface area contributed by atoms with Crippen molar-refractivity contribution >= 4 is 11.7 Å². The van der Waals surface area contributed by atoms with Gasteiger partial charge in [-0.2, -0.15) is 0 Å². The van der Waals surface area contributed by atoms with Crippen LogP contribution in [0, 0.1) is 5.92 Å². The van der Waals surface area contributed by atoms with Crippen LogP contribution < -0.4 is 15.8 Å². The first kappa shape index (κ1) is 12.6. The first-order valence-corrected chi connectivity index (χ1v) is 6.19. The van der Waals surface area contributed by atoms with Crippen molar-refractivity contribution in [2.45, 2.75) is 19.9 Å². The lowest BCUT2D eigenvalue weighted by molar-refractivity contribution is -0.123. The molecule has 6 nitrogen and oxygen atoms in total. The van der Waals surface area contributed by atoms with Crippen molar-refractivity contribution in [3.63, 3.8) is 0 Å². The Morgan fingerprint density at radius 3 is 3.06 bits per heavy atom. The summed E-state index contributed by atoms with van der Waals surface area (Å²) in [5.74, 6) is 0.432. The van der Waals surface area contributed by atoms with Gasteiger partial charge in [0.25, 0.3) is 5.56 Å². The Balaban J connectivity index is 2.20. The minimum atomic E-state index is -0.0856. The molecule has 0 aliphatic carbocycles. The molecule has 1 N–H and O–H groups in total. The quantitative estimate of drug-likeness (QED) is 0.809. The summed E-state index contributed by atoms with van der Waals surface area (Å²) in [5.41, 5.74) is -0.0856. The van der Waals surface area contributed by atoms with Crippen molar-refractivity contribution in [3.8, 4) is 0 Å². The summed E-state index contributed by atoms with van der Waals surface area (Å²) in [6, 6.07) is 0. The van der Waals surface area contributed by atoms with E-state index in [9.17, 15) is 9.59 Å². The lowest BCUT2D eigenvalue weighted by Crippen LogP contribution is -2.34. The van der Waals surface area contributed by atoms with Crippen molar-refractivity contribution in [2.75, 3.05) is 25.0 Å². The molecule has 1 amide bonds. The van der Waals surface area contributed by atoms with E-state index in [-0.39, 0.29) is 17.4 Å². The molecule has 98 valence electrons. The highest BCUT2D eigenvalue weighted by Crippen LogP contribution is 2.19. The van der Waals surface area contributed by atoms with E-state index >= 15 is 0 Å². The monoisotopic (exact) mass is 250 g/mol. The number of anilines is 1. The molecule has 6 heteroatoms. The molecule has 2 rings (SSSR count). The van der Waals surface area contributed by atoms with E-state index in [1.54, 1.807) is 24.0 Å². The van der Waals surface area contributed by atoms with Gasteiger partial charge in [0.15, 0.2) is 5.82 Å². The topological polar surface area (TPSA) is 67.2 Å². The van der Waals surface area contributed by atoms with Crippen LogP contribution in [0.15, 0.2) is 17.2 Å². The molecule has 1 aliphatic rings. The van der Waals surface area contributed by atoms with Crippen LogP contribution in [0.4, 0.5) is 5.82 Å². The first-order chi connectivity index (χ1) is 8.67. The average Bonchev–Trinajstić information content (AvgIpc) is 2.87. The Morgan fingerprint density at radius 1 is 1.61 bits per heavy atom. The highest BCUT2D eigenvalue weighted by Gasteiger charge is 2.29. The Hall–Kier alpha value is -1.85. The van der Waals surface area contributed by atoms with E-state index in [0.717, 1.165) is 6.42 Å². The number of hydrogen-bond acceptors (Lipinski definition) is 4. The van der Waals surface area contributed by atoms with Gasteiger partial charge in [-0.05, 0) is 13.3 Å². The molecule has 0 radical (unpaired) electrons. The van der Waals surface area contributed by atoms with Gasteiger partial charge < -0.3 is 14.8 Å². The van der Waals surface area contributed by atoms with Crippen molar-refractivity contribution in [1.82, 2.24) is 14.9 Å². The molecule has 1 saturated heterocycles. The van der Waals surface area contributed by atoms with Crippen molar-refractivity contribution in [1.29, 1.82) is 0 Å². The lowest BCUT2D eigenvalue weighted by Gasteiger charge is -2.17. The molecule has 2 heterocycles. The van der Waals surface area contributed by atoms with Crippen LogP contribution in [-0.4, -0.2) is 35.6 Å². The predicted molar refractivity (Wildman–Crippen MR) is 68.6 cm³/mol. The van der Waals surface area contributed by atoms with Crippen LogP contribution in [0.1, 0.15) is 13.3 Å². The maximum Gasteiger partial charge on any atom is 0.293 e. The number of nitrogens with zero attached hydrogens (tertiary/aromatic N) is 3. The third-order valence-corrected chi connectivity index (χ3v) is 3.34. The van der Waals surface area contributed by atoms with Crippen molar-refractivity contribution < 1.29 is 4.79 Å². The second kappa shape index (κ2) is 5.20. The van der Waals surface area contributed by atoms with Crippen LogP contribution >= 0.6 is 0 Å². The molecule has 1 fully saturated rings. The summed E-state index contributed by atoms with van der Waals surface area (Å²) in [5, 5.41) is 2.65. The van der Waals surface area contributed by atoms with Gasteiger partial charge in [0, 0.05) is 39.1 Å². The first-order valence-electron chi connectivity index (χ1n) is 6.19. The van der Waals surface area contributed by atoms with Gasteiger partial charge in [0.05, 0.1) is 5.92 Å². The van der Waals surface area contributed by atoms with Crippen LogP contribution in [0.2, 0.25) is 0 Å². The van der Waals surface area contributed by atoms with Gasteiger partial charge in [-0.3, -0.25) is 9.59 Å². The van der Waals surface area contributed by atoms with Gasteiger partial charge in [0.2, 0.25) is 5.91 Å². The van der Waals surface area contributed by atoms with Crippen LogP contribution in [0.3, 0.4) is 0 Å². The molecule has 18 heavy (non-hydrogen) atoms. The predicted octanol–water partition coefficient (Wildman–Crippen LogP) is -0.164. The number of carbonyl (C=O) groups is 1. The lowest BCUT2D eigenvalue weighted by atomic mass is 10.1. The molecule has 0 unspecified atom stereocenters. The normalized spacial score (nSPS) is 19.0. The molecule has 1 aliphatic heterocycles. The maximum absolute atomic E-state index is 12.1. The zero-order valence-electron chi connectivity index (χ0n) is 10.7. The number of hydrogen-bond donors (Lipinski definition) is 1. The summed E-state index contributed by atoms with van der Waals surface area (Å²) in [6.07, 6.45) is 4.08. The van der Waals surface area contributed by atoms with E-state index in [1.807, 2.05) is 11.8 Å². The van der Waals surface area contributed by atoms with Crippen molar-refractivity contribution in [3.05, 3.63) is 22.7 Å². The second-order valence-electron chi connectivity index (χ2n) is 4.39. The molecule has 0 spiro atoms. The van der Waals surface area contributed by atoms with Crippen LogP contribution in [0.25, 0.3) is 0 Å². The molecule has 0 saturated carbocycles. The minimum absolute atomic E-state index is 0.0317. The van der Waals surface area contributed by atoms with Gasteiger partial charge in [-0.25, -0.2) is 4.98 Å².